The van der Waals surface area contributed by atoms with Crippen molar-refractivity contribution in [2.75, 3.05) is 5.32 Å². The first-order chi connectivity index (χ1) is 13.2. The van der Waals surface area contributed by atoms with Crippen LogP contribution in [0.5, 0.6) is 0 Å². The van der Waals surface area contributed by atoms with Crippen molar-refractivity contribution in [1.29, 1.82) is 0 Å². The Bertz CT molecular complexity index is 1030. The number of halogens is 3. The Kier molecular flexibility index (Phi) is 6.05. The molecule has 0 fully saturated rings. The van der Waals surface area contributed by atoms with Crippen LogP contribution in [0.4, 0.5) is 10.2 Å². The van der Waals surface area contributed by atoms with Crippen molar-refractivity contribution in [1.82, 2.24) is 19.6 Å². The minimum Gasteiger partial charge on any atom is -0.309 e. The van der Waals surface area contributed by atoms with Crippen LogP contribution in [0.2, 0.25) is 10.0 Å². The zero-order chi connectivity index (χ0) is 20.4. The summed E-state index contributed by atoms with van der Waals surface area (Å²) in [6, 6.07) is 6.02. The number of rotatable bonds is 6. The first-order valence-corrected chi connectivity index (χ1v) is 9.48. The molecule has 148 valence electrons. The number of nitrogens with one attached hydrogen (secondary N) is 1. The van der Waals surface area contributed by atoms with Gasteiger partial charge in [-0.2, -0.15) is 10.2 Å². The lowest BCUT2D eigenvalue weighted by molar-refractivity contribution is -0.116. The molecule has 0 atom stereocenters. The van der Waals surface area contributed by atoms with E-state index < -0.39 is 0 Å². The Morgan fingerprint density at radius 1 is 1.14 bits per heavy atom. The molecule has 1 aromatic carbocycles. The fourth-order valence-corrected chi connectivity index (χ4v) is 3.21. The molecule has 28 heavy (non-hydrogen) atoms. The Labute approximate surface area is 172 Å². The van der Waals surface area contributed by atoms with Crippen LogP contribution in [0.25, 0.3) is 0 Å². The van der Waals surface area contributed by atoms with Crippen LogP contribution >= 0.6 is 23.2 Å². The van der Waals surface area contributed by atoms with Crippen LogP contribution in [-0.2, 0) is 17.9 Å². The molecular weight excluding hydrogens is 404 g/mol. The van der Waals surface area contributed by atoms with Crippen LogP contribution in [0, 0.1) is 26.6 Å². The van der Waals surface area contributed by atoms with Gasteiger partial charge in [-0.1, -0.05) is 29.3 Å². The van der Waals surface area contributed by atoms with E-state index in [-0.39, 0.29) is 18.1 Å². The van der Waals surface area contributed by atoms with E-state index in [1.807, 2.05) is 20.8 Å². The van der Waals surface area contributed by atoms with Crippen molar-refractivity contribution in [2.24, 2.45) is 0 Å². The van der Waals surface area contributed by atoms with Gasteiger partial charge in [0.25, 0.3) is 0 Å². The highest BCUT2D eigenvalue weighted by Gasteiger charge is 2.13. The summed E-state index contributed by atoms with van der Waals surface area (Å²) in [7, 11) is 0. The normalized spacial score (nSPS) is 11.1. The molecule has 2 heterocycles. The molecule has 3 aromatic rings. The predicted molar refractivity (Wildman–Crippen MR) is 107 cm³/mol. The van der Waals surface area contributed by atoms with Crippen LogP contribution in [0.3, 0.4) is 0 Å². The molecule has 2 aromatic heterocycles. The highest BCUT2D eigenvalue weighted by Crippen LogP contribution is 2.21. The molecule has 0 radical (unpaired) electrons. The van der Waals surface area contributed by atoms with Crippen molar-refractivity contribution >= 4 is 34.9 Å². The maximum atomic E-state index is 13.2. The van der Waals surface area contributed by atoms with Crippen LogP contribution in [0.1, 0.15) is 29.1 Å². The number of nitrogens with zero attached hydrogens (tertiary/aromatic N) is 4. The Morgan fingerprint density at radius 2 is 1.89 bits per heavy atom. The van der Waals surface area contributed by atoms with E-state index in [4.69, 9.17) is 23.2 Å². The molecule has 0 unspecified atom stereocenters. The molecule has 6 nitrogen and oxygen atoms in total. The summed E-state index contributed by atoms with van der Waals surface area (Å²) in [5.74, 6) is -0.108. The van der Waals surface area contributed by atoms with Crippen molar-refractivity contribution in [3.63, 3.8) is 0 Å². The van der Waals surface area contributed by atoms with Gasteiger partial charge in [0.1, 0.15) is 5.82 Å². The van der Waals surface area contributed by atoms with Crippen LogP contribution < -0.4 is 5.32 Å². The Hall–Kier alpha value is -2.38. The van der Waals surface area contributed by atoms with E-state index in [9.17, 15) is 9.18 Å². The first kappa shape index (κ1) is 20.4. The van der Waals surface area contributed by atoms with E-state index in [1.165, 1.54) is 12.1 Å². The Balaban J connectivity index is 1.62. The molecular formula is C19H20Cl2FN5O. The van der Waals surface area contributed by atoms with Crippen LogP contribution in [-0.4, -0.2) is 25.5 Å². The van der Waals surface area contributed by atoms with Crippen molar-refractivity contribution in [3.8, 4) is 0 Å². The average Bonchev–Trinajstić information content (AvgIpc) is 3.09. The number of hydrogen-bond acceptors (Lipinski definition) is 3. The number of benzene rings is 1. The molecule has 1 N–H and O–H groups in total. The minimum atomic E-state index is -0.386. The highest BCUT2D eigenvalue weighted by molar-refractivity contribution is 6.32. The van der Waals surface area contributed by atoms with Crippen molar-refractivity contribution < 1.29 is 9.18 Å². The lowest BCUT2D eigenvalue weighted by Crippen LogP contribution is -2.16. The van der Waals surface area contributed by atoms with Gasteiger partial charge in [-0.3, -0.25) is 14.2 Å². The van der Waals surface area contributed by atoms with E-state index in [1.54, 1.807) is 21.5 Å². The largest absolute Gasteiger partial charge is 0.309 e. The summed E-state index contributed by atoms with van der Waals surface area (Å²) in [6.07, 6.45) is 0.244. The third-order valence-electron chi connectivity index (χ3n) is 4.43. The first-order valence-electron chi connectivity index (χ1n) is 8.72. The molecule has 0 aliphatic carbocycles. The second-order valence-corrected chi connectivity index (χ2v) is 7.36. The molecule has 0 aliphatic heterocycles. The van der Waals surface area contributed by atoms with Gasteiger partial charge in [0.2, 0.25) is 5.91 Å². The quantitative estimate of drug-likeness (QED) is 0.633. The van der Waals surface area contributed by atoms with Crippen LogP contribution in [0.15, 0.2) is 24.3 Å². The Morgan fingerprint density at radius 3 is 2.54 bits per heavy atom. The lowest BCUT2D eigenvalue weighted by Gasteiger charge is -2.07. The highest BCUT2D eigenvalue weighted by atomic mass is 35.5. The monoisotopic (exact) mass is 423 g/mol. The molecule has 1 amide bonds. The molecule has 9 heteroatoms. The van der Waals surface area contributed by atoms with E-state index >= 15 is 0 Å². The number of hydrogen-bond donors (Lipinski definition) is 1. The standard InChI is InChI=1S/C19H20Cl2FN5O/c1-11-8-17(25-27(11)10-14-4-5-15(22)9-16(14)20)23-18(28)6-7-26-13(3)19(21)12(2)24-26/h4-5,8-9H,6-7,10H2,1-3H3,(H,23,25,28). The van der Waals surface area contributed by atoms with Gasteiger partial charge in [-0.15, -0.1) is 0 Å². The molecule has 0 aliphatic rings. The van der Waals surface area contributed by atoms with E-state index in [0.29, 0.717) is 29.0 Å². The summed E-state index contributed by atoms with van der Waals surface area (Å²) in [4.78, 5) is 12.3. The maximum Gasteiger partial charge on any atom is 0.227 e. The molecule has 0 saturated carbocycles. The lowest BCUT2D eigenvalue weighted by atomic mass is 10.2. The number of carbonyl (C=O) groups is 1. The van der Waals surface area contributed by atoms with Gasteiger partial charge in [0.15, 0.2) is 5.82 Å². The number of anilines is 1. The number of aromatic nitrogens is 4. The number of aryl methyl sites for hydroxylation is 3. The zero-order valence-electron chi connectivity index (χ0n) is 15.8. The fraction of sp³-hybridized carbons (Fsp3) is 0.316. The summed E-state index contributed by atoms with van der Waals surface area (Å²) in [5, 5.41) is 12.4. The molecule has 0 spiro atoms. The second-order valence-electron chi connectivity index (χ2n) is 6.57. The van der Waals surface area contributed by atoms with E-state index in [2.05, 4.69) is 15.5 Å². The smallest absolute Gasteiger partial charge is 0.227 e. The van der Waals surface area contributed by atoms with Gasteiger partial charge in [0.05, 0.1) is 29.5 Å². The third-order valence-corrected chi connectivity index (χ3v) is 5.33. The average molecular weight is 424 g/mol. The summed E-state index contributed by atoms with van der Waals surface area (Å²) in [5.41, 5.74) is 3.17. The van der Waals surface area contributed by atoms with E-state index in [0.717, 1.165) is 22.6 Å². The minimum absolute atomic E-state index is 0.173. The SMILES string of the molecule is Cc1nn(CCC(=O)Nc2cc(C)n(Cc3ccc(F)cc3Cl)n2)c(C)c1Cl. The van der Waals surface area contributed by atoms with Gasteiger partial charge < -0.3 is 5.32 Å². The van der Waals surface area contributed by atoms with Gasteiger partial charge in [-0.25, -0.2) is 4.39 Å². The molecule has 0 saturated heterocycles. The van der Waals surface area contributed by atoms with Gasteiger partial charge >= 0.3 is 0 Å². The topological polar surface area (TPSA) is 64.7 Å². The second kappa shape index (κ2) is 8.32. The number of amides is 1. The summed E-state index contributed by atoms with van der Waals surface area (Å²) < 4.78 is 16.6. The summed E-state index contributed by atoms with van der Waals surface area (Å²) >= 11 is 12.2. The summed E-state index contributed by atoms with van der Waals surface area (Å²) in [6.45, 7) is 6.37. The third kappa shape index (κ3) is 4.54. The van der Waals surface area contributed by atoms with Gasteiger partial charge in [-0.05, 0) is 38.5 Å². The van der Waals surface area contributed by atoms with Gasteiger partial charge in [0, 0.05) is 23.2 Å². The molecule has 3 rings (SSSR count). The molecule has 0 bridgehead atoms. The predicted octanol–water partition coefficient (Wildman–Crippen LogP) is 4.53. The fourth-order valence-electron chi connectivity index (χ4n) is 2.85. The zero-order valence-corrected chi connectivity index (χ0v) is 17.3. The maximum absolute atomic E-state index is 13.2. The van der Waals surface area contributed by atoms with Crippen molar-refractivity contribution in [2.45, 2.75) is 40.3 Å². The van der Waals surface area contributed by atoms with Crippen molar-refractivity contribution in [3.05, 3.63) is 62.8 Å². The number of carbonyl (C=O) groups excluding carboxylic acids is 1.